The maximum Gasteiger partial charge on any atom is 0.274 e. The maximum absolute atomic E-state index is 11.2. The summed E-state index contributed by atoms with van der Waals surface area (Å²) >= 11 is 0. The average molecular weight is 256 g/mol. The number of nitrogens with one attached hydrogen (secondary N) is 1. The van der Waals surface area contributed by atoms with Gasteiger partial charge in [-0.2, -0.15) is 0 Å². The van der Waals surface area contributed by atoms with Crippen molar-refractivity contribution in [1.82, 2.24) is 0 Å². The second kappa shape index (κ2) is 5.77. The molecule has 0 saturated heterocycles. The van der Waals surface area contributed by atoms with Crippen molar-refractivity contribution >= 4 is 22.2 Å². The predicted octanol–water partition coefficient (Wildman–Crippen LogP) is 2.08. The third-order valence-corrected chi connectivity index (χ3v) is 3.95. The normalized spacial score (nSPS) is 14.1. The number of nitro benzene ring substituents is 1. The molecule has 0 bridgehead atoms. The van der Waals surface area contributed by atoms with Crippen molar-refractivity contribution in [3.05, 3.63) is 33.9 Å². The topological polar surface area (TPSA) is 72.2 Å². The molecule has 2 unspecified atom stereocenters. The first kappa shape index (κ1) is 13.6. The summed E-state index contributed by atoms with van der Waals surface area (Å²) in [6.07, 6.45) is 1.65. The van der Waals surface area contributed by atoms with Gasteiger partial charge in [-0.05, 0) is 19.9 Å². The molecule has 1 rings (SSSR count). The summed E-state index contributed by atoms with van der Waals surface area (Å²) < 4.78 is 11.2. The Morgan fingerprint density at radius 2 is 2.18 bits per heavy atom. The molecule has 0 heterocycles. The van der Waals surface area contributed by atoms with Crippen molar-refractivity contribution in [2.45, 2.75) is 19.1 Å². The minimum absolute atomic E-state index is 0.00802. The highest BCUT2D eigenvalue weighted by Crippen LogP contribution is 2.24. The van der Waals surface area contributed by atoms with Crippen molar-refractivity contribution in [3.63, 3.8) is 0 Å². The first-order chi connectivity index (χ1) is 7.93. The Kier molecular flexibility index (Phi) is 4.62. The summed E-state index contributed by atoms with van der Waals surface area (Å²) in [6.45, 7) is 4.11. The van der Waals surface area contributed by atoms with Gasteiger partial charge in [-0.15, -0.1) is 0 Å². The Hall–Kier alpha value is -1.43. The zero-order chi connectivity index (χ0) is 13.0. The summed E-state index contributed by atoms with van der Waals surface area (Å²) in [7, 11) is -0.901. The molecule has 1 N–H and O–H groups in total. The lowest BCUT2D eigenvalue weighted by Gasteiger charge is -2.13. The Bertz CT molecular complexity index is 448. The molecule has 0 saturated carbocycles. The molecule has 94 valence electrons. The van der Waals surface area contributed by atoms with Crippen LogP contribution >= 0.6 is 0 Å². The molecule has 0 amide bonds. The van der Waals surface area contributed by atoms with Crippen LogP contribution in [-0.2, 0) is 10.8 Å². The van der Waals surface area contributed by atoms with Gasteiger partial charge in [0.2, 0.25) is 0 Å². The van der Waals surface area contributed by atoms with Crippen LogP contribution in [0.25, 0.3) is 0 Å². The van der Waals surface area contributed by atoms with E-state index >= 15 is 0 Å². The van der Waals surface area contributed by atoms with Gasteiger partial charge in [0, 0.05) is 46.2 Å². The Morgan fingerprint density at radius 3 is 2.71 bits per heavy atom. The molecule has 1 aromatic carbocycles. The average Bonchev–Trinajstić information content (AvgIpc) is 2.26. The largest absolute Gasteiger partial charge is 0.383 e. The number of benzene rings is 1. The van der Waals surface area contributed by atoms with Gasteiger partial charge in [-0.3, -0.25) is 14.3 Å². The van der Waals surface area contributed by atoms with E-state index in [0.29, 0.717) is 12.1 Å². The van der Waals surface area contributed by atoms with E-state index in [1.54, 1.807) is 25.3 Å². The van der Waals surface area contributed by atoms with Crippen LogP contribution in [0.1, 0.15) is 12.5 Å². The van der Waals surface area contributed by atoms with Gasteiger partial charge < -0.3 is 5.32 Å². The molecule has 0 spiro atoms. The van der Waals surface area contributed by atoms with E-state index in [4.69, 9.17) is 0 Å². The highest BCUT2D eigenvalue weighted by Gasteiger charge is 2.13. The molecule has 0 radical (unpaired) electrons. The van der Waals surface area contributed by atoms with Crippen LogP contribution in [0.4, 0.5) is 11.4 Å². The van der Waals surface area contributed by atoms with Gasteiger partial charge >= 0.3 is 0 Å². The third-order valence-electron chi connectivity index (χ3n) is 2.65. The number of hydrogen-bond acceptors (Lipinski definition) is 4. The lowest BCUT2D eigenvalue weighted by atomic mass is 10.1. The smallest absolute Gasteiger partial charge is 0.274 e. The molecule has 6 heteroatoms. The molecule has 17 heavy (non-hydrogen) atoms. The minimum atomic E-state index is -0.901. The number of anilines is 1. The van der Waals surface area contributed by atoms with Gasteiger partial charge in [0.25, 0.3) is 5.69 Å². The SMILES string of the molecule is Cc1c(NCC(C)S(C)=O)cccc1[N+](=O)[O-]. The first-order valence-corrected chi connectivity index (χ1v) is 6.85. The summed E-state index contributed by atoms with van der Waals surface area (Å²) in [5.74, 6) is 0. The van der Waals surface area contributed by atoms with Crippen LogP contribution in [0.5, 0.6) is 0 Å². The van der Waals surface area contributed by atoms with Gasteiger partial charge in [-0.1, -0.05) is 6.07 Å². The zero-order valence-electron chi connectivity index (χ0n) is 10.1. The fourth-order valence-electron chi connectivity index (χ4n) is 1.38. The van der Waals surface area contributed by atoms with Crippen molar-refractivity contribution in [3.8, 4) is 0 Å². The predicted molar refractivity (Wildman–Crippen MR) is 69.9 cm³/mol. The zero-order valence-corrected chi connectivity index (χ0v) is 10.9. The molecule has 0 aliphatic rings. The number of rotatable bonds is 5. The lowest BCUT2D eigenvalue weighted by molar-refractivity contribution is -0.385. The molecule has 2 atom stereocenters. The van der Waals surface area contributed by atoms with E-state index in [2.05, 4.69) is 5.32 Å². The van der Waals surface area contributed by atoms with Crippen LogP contribution in [0, 0.1) is 17.0 Å². The summed E-state index contributed by atoms with van der Waals surface area (Å²) in [6, 6.07) is 4.90. The van der Waals surface area contributed by atoms with Crippen molar-refractivity contribution < 1.29 is 9.13 Å². The van der Waals surface area contributed by atoms with E-state index < -0.39 is 15.7 Å². The molecular formula is C11H16N2O3S. The van der Waals surface area contributed by atoms with E-state index in [1.807, 2.05) is 6.92 Å². The van der Waals surface area contributed by atoms with Crippen LogP contribution in [0.3, 0.4) is 0 Å². The lowest BCUT2D eigenvalue weighted by Crippen LogP contribution is -2.21. The monoisotopic (exact) mass is 256 g/mol. The third kappa shape index (κ3) is 3.52. The Balaban J connectivity index is 2.82. The fraction of sp³-hybridized carbons (Fsp3) is 0.455. The van der Waals surface area contributed by atoms with E-state index in [0.717, 1.165) is 5.69 Å². The Labute approximate surface area is 103 Å². The van der Waals surface area contributed by atoms with Gasteiger partial charge in [0.05, 0.1) is 4.92 Å². The molecule has 5 nitrogen and oxygen atoms in total. The second-order valence-electron chi connectivity index (χ2n) is 3.90. The second-order valence-corrected chi connectivity index (χ2v) is 5.70. The molecule has 0 aromatic heterocycles. The molecule has 0 fully saturated rings. The summed E-state index contributed by atoms with van der Waals surface area (Å²) in [5.41, 5.74) is 1.42. The molecule has 0 aliphatic carbocycles. The minimum Gasteiger partial charge on any atom is -0.383 e. The fourth-order valence-corrected chi connectivity index (χ4v) is 1.70. The van der Waals surface area contributed by atoms with Crippen molar-refractivity contribution in [1.29, 1.82) is 0 Å². The number of nitrogens with zero attached hydrogens (tertiary/aromatic N) is 1. The summed E-state index contributed by atoms with van der Waals surface area (Å²) in [4.78, 5) is 10.3. The highest BCUT2D eigenvalue weighted by molar-refractivity contribution is 7.84. The van der Waals surface area contributed by atoms with E-state index in [1.165, 1.54) is 6.07 Å². The highest BCUT2D eigenvalue weighted by atomic mass is 32.2. The molecule has 1 aromatic rings. The number of nitro groups is 1. The van der Waals surface area contributed by atoms with E-state index in [9.17, 15) is 14.3 Å². The van der Waals surface area contributed by atoms with Gasteiger partial charge in [-0.25, -0.2) is 0 Å². The van der Waals surface area contributed by atoms with Crippen LogP contribution in [0.2, 0.25) is 0 Å². The van der Waals surface area contributed by atoms with Crippen LogP contribution in [0.15, 0.2) is 18.2 Å². The standard InChI is InChI=1S/C11H16N2O3S/c1-8(17(3)16)7-12-10-5-4-6-11(9(10)2)13(14)15/h4-6,8,12H,7H2,1-3H3. The number of hydrogen-bond donors (Lipinski definition) is 1. The quantitative estimate of drug-likeness (QED) is 0.646. The van der Waals surface area contributed by atoms with Crippen molar-refractivity contribution in [2.24, 2.45) is 0 Å². The first-order valence-electron chi connectivity index (χ1n) is 5.23. The molecular weight excluding hydrogens is 240 g/mol. The molecule has 0 aliphatic heterocycles. The van der Waals surface area contributed by atoms with Gasteiger partial charge in [0.15, 0.2) is 0 Å². The van der Waals surface area contributed by atoms with E-state index in [-0.39, 0.29) is 10.9 Å². The van der Waals surface area contributed by atoms with Crippen molar-refractivity contribution in [2.75, 3.05) is 18.1 Å². The van der Waals surface area contributed by atoms with Crippen LogP contribution in [-0.4, -0.2) is 27.2 Å². The summed E-state index contributed by atoms with van der Waals surface area (Å²) in [5, 5.41) is 13.8. The maximum atomic E-state index is 11.2. The Morgan fingerprint density at radius 1 is 1.53 bits per heavy atom. The van der Waals surface area contributed by atoms with Gasteiger partial charge in [0.1, 0.15) is 0 Å². The van der Waals surface area contributed by atoms with Crippen LogP contribution < -0.4 is 5.32 Å².